The molecule has 20 heavy (non-hydrogen) atoms. The van der Waals surface area contributed by atoms with Crippen LogP contribution in [0.25, 0.3) is 0 Å². The number of carbonyl (C=O) groups excluding carboxylic acids is 2. The summed E-state index contributed by atoms with van der Waals surface area (Å²) in [5, 5.41) is 3.17. The molecule has 1 aromatic carbocycles. The van der Waals surface area contributed by atoms with Crippen molar-refractivity contribution in [3.8, 4) is 0 Å². The number of ketones is 1. The van der Waals surface area contributed by atoms with Crippen LogP contribution in [-0.2, 0) is 4.79 Å². The van der Waals surface area contributed by atoms with Gasteiger partial charge in [-0.2, -0.15) is 0 Å². The number of nitrogens with zero attached hydrogens (tertiary/aromatic N) is 1. The van der Waals surface area contributed by atoms with Gasteiger partial charge in [0.15, 0.2) is 5.78 Å². The summed E-state index contributed by atoms with van der Waals surface area (Å²) in [4.78, 5) is 25.2. The quantitative estimate of drug-likeness (QED) is 0.635. The van der Waals surface area contributed by atoms with Gasteiger partial charge in [0, 0.05) is 43.0 Å². The Morgan fingerprint density at radius 1 is 1.30 bits per heavy atom. The van der Waals surface area contributed by atoms with E-state index in [4.69, 9.17) is 5.73 Å². The zero-order chi connectivity index (χ0) is 14.5. The molecule has 0 radical (unpaired) electrons. The molecule has 1 aliphatic heterocycles. The molecule has 0 unspecified atom stereocenters. The molecule has 108 valence electrons. The van der Waals surface area contributed by atoms with E-state index in [0.717, 1.165) is 31.6 Å². The van der Waals surface area contributed by atoms with Gasteiger partial charge in [-0.25, -0.2) is 0 Å². The first-order valence-electron chi connectivity index (χ1n) is 7.00. The summed E-state index contributed by atoms with van der Waals surface area (Å²) in [5.41, 5.74) is 7.56. The molecular formula is C15H21N3O2. The minimum atomic E-state index is -0.0562. The fraction of sp³-hybridized carbons (Fsp3) is 0.467. The van der Waals surface area contributed by atoms with E-state index in [0.29, 0.717) is 24.2 Å². The minimum absolute atomic E-state index is 0.0562. The molecule has 0 bridgehead atoms. The Labute approximate surface area is 119 Å². The molecule has 1 fully saturated rings. The molecule has 0 aliphatic carbocycles. The molecule has 1 aromatic rings. The summed E-state index contributed by atoms with van der Waals surface area (Å²) in [6.07, 6.45) is 2.69. The first-order valence-corrected chi connectivity index (χ1v) is 7.00. The number of amides is 1. The van der Waals surface area contributed by atoms with Crippen molar-refractivity contribution in [3.63, 3.8) is 0 Å². The first kappa shape index (κ1) is 14.4. The van der Waals surface area contributed by atoms with E-state index in [1.165, 1.54) is 6.92 Å². The standard InChI is InChI=1S/C15H21N3O2/c1-11(19)13-10-12(4-5-14(13)16)17-7-6-15(20)18-8-2-3-9-18/h4-5,10,17H,2-3,6-9,16H2,1H3. The highest BCUT2D eigenvalue weighted by Gasteiger charge is 2.17. The van der Waals surface area contributed by atoms with Gasteiger partial charge in [0.2, 0.25) is 5.91 Å². The highest BCUT2D eigenvalue weighted by molar-refractivity contribution is 6.00. The van der Waals surface area contributed by atoms with Gasteiger partial charge in [0.05, 0.1) is 0 Å². The van der Waals surface area contributed by atoms with Gasteiger partial charge >= 0.3 is 0 Å². The molecule has 1 saturated heterocycles. The van der Waals surface area contributed by atoms with Crippen molar-refractivity contribution >= 4 is 23.1 Å². The van der Waals surface area contributed by atoms with E-state index in [9.17, 15) is 9.59 Å². The van der Waals surface area contributed by atoms with Crippen molar-refractivity contribution in [2.45, 2.75) is 26.2 Å². The number of nitrogen functional groups attached to an aromatic ring is 1. The van der Waals surface area contributed by atoms with Crippen LogP contribution < -0.4 is 11.1 Å². The van der Waals surface area contributed by atoms with Gasteiger partial charge in [0.1, 0.15) is 0 Å². The summed E-state index contributed by atoms with van der Waals surface area (Å²) < 4.78 is 0. The van der Waals surface area contributed by atoms with Crippen LogP contribution in [-0.4, -0.2) is 36.2 Å². The van der Waals surface area contributed by atoms with Gasteiger partial charge in [-0.05, 0) is 38.0 Å². The number of nitrogens with two attached hydrogens (primary N) is 1. The molecule has 0 aromatic heterocycles. The van der Waals surface area contributed by atoms with Crippen molar-refractivity contribution in [2.24, 2.45) is 0 Å². The van der Waals surface area contributed by atoms with Crippen molar-refractivity contribution in [1.29, 1.82) is 0 Å². The molecule has 1 heterocycles. The van der Waals surface area contributed by atoms with Gasteiger partial charge in [-0.1, -0.05) is 0 Å². The fourth-order valence-corrected chi connectivity index (χ4v) is 2.41. The summed E-state index contributed by atoms with van der Waals surface area (Å²) in [5.74, 6) is 0.136. The Bertz CT molecular complexity index is 508. The highest BCUT2D eigenvalue weighted by Crippen LogP contribution is 2.18. The molecule has 5 heteroatoms. The molecule has 2 rings (SSSR count). The maximum Gasteiger partial charge on any atom is 0.224 e. The number of hydrogen-bond donors (Lipinski definition) is 2. The molecule has 1 amide bonds. The highest BCUT2D eigenvalue weighted by atomic mass is 16.2. The Morgan fingerprint density at radius 2 is 2.00 bits per heavy atom. The lowest BCUT2D eigenvalue weighted by Crippen LogP contribution is -2.29. The Balaban J connectivity index is 1.86. The molecule has 0 spiro atoms. The van der Waals surface area contributed by atoms with Crippen molar-refractivity contribution in [1.82, 2.24) is 4.90 Å². The second-order valence-electron chi connectivity index (χ2n) is 5.12. The largest absolute Gasteiger partial charge is 0.398 e. The van der Waals surface area contributed by atoms with E-state index < -0.39 is 0 Å². The van der Waals surface area contributed by atoms with Crippen LogP contribution in [0.15, 0.2) is 18.2 Å². The smallest absolute Gasteiger partial charge is 0.224 e. The lowest BCUT2D eigenvalue weighted by Gasteiger charge is -2.15. The molecule has 0 saturated carbocycles. The number of benzene rings is 1. The number of likely N-dealkylation sites (tertiary alicyclic amines) is 1. The third-order valence-corrected chi connectivity index (χ3v) is 3.56. The van der Waals surface area contributed by atoms with E-state index in [1.54, 1.807) is 12.1 Å². The number of nitrogens with one attached hydrogen (secondary N) is 1. The van der Waals surface area contributed by atoms with Gasteiger partial charge in [-0.3, -0.25) is 9.59 Å². The van der Waals surface area contributed by atoms with Crippen molar-refractivity contribution in [3.05, 3.63) is 23.8 Å². The SMILES string of the molecule is CC(=O)c1cc(NCCC(=O)N2CCCC2)ccc1N. The van der Waals surface area contributed by atoms with Crippen LogP contribution in [0.1, 0.15) is 36.5 Å². The summed E-state index contributed by atoms with van der Waals surface area (Å²) in [6, 6.07) is 5.27. The first-order chi connectivity index (χ1) is 9.58. The zero-order valence-corrected chi connectivity index (χ0v) is 11.8. The van der Waals surface area contributed by atoms with Gasteiger partial charge < -0.3 is 16.0 Å². The third-order valence-electron chi connectivity index (χ3n) is 3.56. The van der Waals surface area contributed by atoms with Gasteiger partial charge in [-0.15, -0.1) is 0 Å². The van der Waals surface area contributed by atoms with Crippen molar-refractivity contribution < 1.29 is 9.59 Å². The predicted molar refractivity (Wildman–Crippen MR) is 79.8 cm³/mol. The maximum absolute atomic E-state index is 11.9. The number of rotatable bonds is 5. The lowest BCUT2D eigenvalue weighted by molar-refractivity contribution is -0.129. The number of hydrogen-bond acceptors (Lipinski definition) is 4. The Hall–Kier alpha value is -2.04. The average Bonchev–Trinajstić information content (AvgIpc) is 2.94. The Morgan fingerprint density at radius 3 is 2.65 bits per heavy atom. The second-order valence-corrected chi connectivity index (χ2v) is 5.12. The monoisotopic (exact) mass is 275 g/mol. The number of carbonyl (C=O) groups is 2. The normalized spacial score (nSPS) is 14.3. The Kier molecular flexibility index (Phi) is 4.61. The maximum atomic E-state index is 11.9. The van der Waals surface area contributed by atoms with Crippen LogP contribution in [0.5, 0.6) is 0 Å². The minimum Gasteiger partial charge on any atom is -0.398 e. The molecule has 0 atom stereocenters. The third kappa shape index (κ3) is 3.50. The van der Waals surface area contributed by atoms with E-state index >= 15 is 0 Å². The number of anilines is 2. The van der Waals surface area contributed by atoms with E-state index in [1.807, 2.05) is 11.0 Å². The van der Waals surface area contributed by atoms with Crippen LogP contribution in [0.3, 0.4) is 0 Å². The molecule has 3 N–H and O–H groups in total. The van der Waals surface area contributed by atoms with E-state index in [2.05, 4.69) is 5.32 Å². The average molecular weight is 275 g/mol. The molecule has 5 nitrogen and oxygen atoms in total. The van der Waals surface area contributed by atoms with Gasteiger partial charge in [0.25, 0.3) is 0 Å². The summed E-state index contributed by atoms with van der Waals surface area (Å²) >= 11 is 0. The van der Waals surface area contributed by atoms with Crippen LogP contribution in [0.2, 0.25) is 0 Å². The molecule has 1 aliphatic rings. The summed E-state index contributed by atoms with van der Waals surface area (Å²) in [7, 11) is 0. The van der Waals surface area contributed by atoms with Crippen LogP contribution in [0, 0.1) is 0 Å². The van der Waals surface area contributed by atoms with Crippen molar-refractivity contribution in [2.75, 3.05) is 30.7 Å². The lowest BCUT2D eigenvalue weighted by atomic mass is 10.1. The zero-order valence-electron chi connectivity index (χ0n) is 11.8. The van der Waals surface area contributed by atoms with Crippen LogP contribution in [0.4, 0.5) is 11.4 Å². The van der Waals surface area contributed by atoms with E-state index in [-0.39, 0.29) is 11.7 Å². The van der Waals surface area contributed by atoms with Crippen LogP contribution >= 0.6 is 0 Å². The fourth-order valence-electron chi connectivity index (χ4n) is 2.41. The topological polar surface area (TPSA) is 75.4 Å². The summed E-state index contributed by atoms with van der Waals surface area (Å²) in [6.45, 7) is 3.83. The predicted octanol–water partition coefficient (Wildman–Crippen LogP) is 1.90. The molecular weight excluding hydrogens is 254 g/mol. The second kappa shape index (κ2) is 6.41. The number of Topliss-reactive ketones (excluding diaryl/α,β-unsaturated/α-hetero) is 1.